The first-order valence-corrected chi connectivity index (χ1v) is 11.7. The Morgan fingerprint density at radius 3 is 2.69 bits per heavy atom. The summed E-state index contributed by atoms with van der Waals surface area (Å²) in [5.74, 6) is 1.98. The van der Waals surface area contributed by atoms with Gasteiger partial charge in [-0.15, -0.1) is 0 Å². The molecule has 1 fully saturated rings. The van der Waals surface area contributed by atoms with E-state index in [1.807, 2.05) is 25.6 Å². The number of thioether (sulfide) groups is 1. The van der Waals surface area contributed by atoms with E-state index in [1.54, 1.807) is 24.3 Å². The van der Waals surface area contributed by atoms with E-state index in [1.165, 1.54) is 0 Å². The van der Waals surface area contributed by atoms with E-state index < -0.39 is 10.0 Å². The standard InChI is InChI=1S/C18H30N4O2S2/c1-4-16-14-22(12-13-25-16)18(19-5-2)20-10-11-21-26(23,24)17-8-6-15(3)7-9-17/h6-9,16,21H,4-5,10-14H2,1-3H3,(H,19,20). The number of benzene rings is 1. The number of guanidine groups is 1. The second-order valence-electron chi connectivity index (χ2n) is 6.29. The zero-order valence-electron chi connectivity index (χ0n) is 15.9. The third-order valence-electron chi connectivity index (χ3n) is 4.23. The molecule has 1 aliphatic rings. The maximum Gasteiger partial charge on any atom is 0.240 e. The molecule has 0 bridgehead atoms. The van der Waals surface area contributed by atoms with Crippen molar-refractivity contribution in [2.45, 2.75) is 37.3 Å². The predicted octanol–water partition coefficient (Wildman–Crippen LogP) is 2.07. The first kappa shape index (κ1) is 21.1. The monoisotopic (exact) mass is 398 g/mol. The molecule has 1 saturated heterocycles. The largest absolute Gasteiger partial charge is 0.357 e. The minimum Gasteiger partial charge on any atom is -0.357 e. The third kappa shape index (κ3) is 6.17. The van der Waals surface area contributed by atoms with Gasteiger partial charge in [-0.25, -0.2) is 13.1 Å². The highest BCUT2D eigenvalue weighted by atomic mass is 32.2. The summed E-state index contributed by atoms with van der Waals surface area (Å²) in [6, 6.07) is 6.85. The van der Waals surface area contributed by atoms with Crippen LogP contribution in [0.5, 0.6) is 0 Å². The molecule has 0 aromatic heterocycles. The van der Waals surface area contributed by atoms with Crippen molar-refractivity contribution in [1.82, 2.24) is 14.9 Å². The molecule has 1 aromatic carbocycles. The molecule has 1 heterocycles. The number of aliphatic imine (C=N–C) groups is 1. The van der Waals surface area contributed by atoms with Gasteiger partial charge in [0.1, 0.15) is 0 Å². The van der Waals surface area contributed by atoms with E-state index in [9.17, 15) is 8.42 Å². The number of rotatable bonds is 7. The van der Waals surface area contributed by atoms with Crippen LogP contribution < -0.4 is 10.0 Å². The molecule has 2 N–H and O–H groups in total. The number of aryl methyl sites for hydroxylation is 1. The van der Waals surface area contributed by atoms with Crippen molar-refractivity contribution < 1.29 is 8.42 Å². The van der Waals surface area contributed by atoms with Gasteiger partial charge in [-0.1, -0.05) is 24.6 Å². The first-order valence-electron chi connectivity index (χ1n) is 9.17. The Kier molecular flexibility index (Phi) is 8.24. The lowest BCUT2D eigenvalue weighted by Crippen LogP contribution is -2.48. The Morgan fingerprint density at radius 2 is 2.04 bits per heavy atom. The van der Waals surface area contributed by atoms with Crippen molar-refractivity contribution in [2.24, 2.45) is 4.99 Å². The molecule has 0 saturated carbocycles. The van der Waals surface area contributed by atoms with Gasteiger partial charge in [0.25, 0.3) is 0 Å². The zero-order chi connectivity index (χ0) is 19.0. The zero-order valence-corrected chi connectivity index (χ0v) is 17.5. The molecule has 1 atom stereocenters. The van der Waals surface area contributed by atoms with Crippen molar-refractivity contribution in [2.75, 3.05) is 38.5 Å². The van der Waals surface area contributed by atoms with E-state index in [0.717, 1.165) is 43.3 Å². The van der Waals surface area contributed by atoms with Gasteiger partial charge in [0, 0.05) is 37.2 Å². The van der Waals surface area contributed by atoms with Crippen molar-refractivity contribution in [3.8, 4) is 0 Å². The number of hydrogen-bond donors (Lipinski definition) is 2. The van der Waals surface area contributed by atoms with Gasteiger partial charge in [0.2, 0.25) is 10.0 Å². The number of hydrogen-bond acceptors (Lipinski definition) is 4. The Labute approximate surface area is 161 Å². The van der Waals surface area contributed by atoms with Gasteiger partial charge >= 0.3 is 0 Å². The van der Waals surface area contributed by atoms with Crippen LogP contribution in [0.25, 0.3) is 0 Å². The summed E-state index contributed by atoms with van der Waals surface area (Å²) in [4.78, 5) is 7.18. The Morgan fingerprint density at radius 1 is 1.31 bits per heavy atom. The van der Waals surface area contributed by atoms with E-state index in [0.29, 0.717) is 11.8 Å². The summed E-state index contributed by atoms with van der Waals surface area (Å²) in [7, 11) is -3.48. The van der Waals surface area contributed by atoms with Gasteiger partial charge in [-0.2, -0.15) is 11.8 Å². The van der Waals surface area contributed by atoms with E-state index in [4.69, 9.17) is 0 Å². The average Bonchev–Trinajstić information content (AvgIpc) is 2.64. The molecule has 1 aromatic rings. The average molecular weight is 399 g/mol. The summed E-state index contributed by atoms with van der Waals surface area (Å²) >= 11 is 2.02. The van der Waals surface area contributed by atoms with Crippen LogP contribution in [0.4, 0.5) is 0 Å². The van der Waals surface area contributed by atoms with E-state index >= 15 is 0 Å². The highest BCUT2D eigenvalue weighted by molar-refractivity contribution is 8.00. The molecule has 0 aliphatic carbocycles. The van der Waals surface area contributed by atoms with Crippen LogP contribution in [-0.2, 0) is 10.0 Å². The second-order valence-corrected chi connectivity index (χ2v) is 9.47. The minimum absolute atomic E-state index is 0.283. The molecule has 0 amide bonds. The fourth-order valence-corrected chi connectivity index (χ4v) is 4.93. The molecule has 0 radical (unpaired) electrons. The summed E-state index contributed by atoms with van der Waals surface area (Å²) in [5, 5.41) is 3.95. The van der Waals surface area contributed by atoms with Gasteiger partial charge < -0.3 is 10.2 Å². The second kappa shape index (κ2) is 10.2. The Bertz CT molecular complexity index is 690. The van der Waals surface area contributed by atoms with Gasteiger partial charge in [-0.05, 0) is 32.4 Å². The molecule has 0 spiro atoms. The topological polar surface area (TPSA) is 73.8 Å². The molecule has 8 heteroatoms. The molecule has 146 valence electrons. The molecule has 2 rings (SSSR count). The first-order chi connectivity index (χ1) is 12.5. The van der Waals surface area contributed by atoms with Crippen molar-refractivity contribution in [1.29, 1.82) is 0 Å². The predicted molar refractivity (Wildman–Crippen MR) is 110 cm³/mol. The Hall–Kier alpha value is -1.25. The van der Waals surface area contributed by atoms with E-state index in [-0.39, 0.29) is 11.4 Å². The fourth-order valence-electron chi connectivity index (χ4n) is 2.73. The van der Waals surface area contributed by atoms with Crippen LogP contribution in [-0.4, -0.2) is 63.0 Å². The minimum atomic E-state index is -3.48. The molecule has 1 aliphatic heterocycles. The van der Waals surface area contributed by atoms with Crippen LogP contribution in [0.15, 0.2) is 34.2 Å². The van der Waals surface area contributed by atoms with Crippen LogP contribution in [0.3, 0.4) is 0 Å². The molecular weight excluding hydrogens is 368 g/mol. The van der Waals surface area contributed by atoms with Crippen molar-refractivity contribution in [3.05, 3.63) is 29.8 Å². The molecule has 26 heavy (non-hydrogen) atoms. The highest BCUT2D eigenvalue weighted by Crippen LogP contribution is 2.21. The van der Waals surface area contributed by atoms with Crippen molar-refractivity contribution in [3.63, 3.8) is 0 Å². The van der Waals surface area contributed by atoms with Crippen molar-refractivity contribution >= 4 is 27.7 Å². The van der Waals surface area contributed by atoms with Crippen LogP contribution in [0.1, 0.15) is 25.8 Å². The quantitative estimate of drug-likeness (QED) is 0.418. The smallest absolute Gasteiger partial charge is 0.240 e. The maximum absolute atomic E-state index is 12.3. The molecule has 6 nitrogen and oxygen atoms in total. The summed E-state index contributed by atoms with van der Waals surface area (Å²) in [5.41, 5.74) is 1.04. The van der Waals surface area contributed by atoms with Gasteiger partial charge in [0.15, 0.2) is 5.96 Å². The fraction of sp³-hybridized carbons (Fsp3) is 0.611. The Balaban J connectivity index is 1.92. The van der Waals surface area contributed by atoms with Crippen LogP contribution in [0, 0.1) is 6.92 Å². The normalized spacial score (nSPS) is 18.8. The summed E-state index contributed by atoms with van der Waals surface area (Å²) in [6.07, 6.45) is 1.15. The molecule has 1 unspecified atom stereocenters. The van der Waals surface area contributed by atoms with Crippen LogP contribution in [0.2, 0.25) is 0 Å². The lowest BCUT2D eigenvalue weighted by atomic mass is 10.2. The SMILES string of the molecule is CCNC(=NCCNS(=O)(=O)c1ccc(C)cc1)N1CCSC(CC)C1. The van der Waals surface area contributed by atoms with Gasteiger partial charge in [-0.3, -0.25) is 4.99 Å². The molecular formula is C18H30N4O2S2. The number of nitrogens with zero attached hydrogens (tertiary/aromatic N) is 2. The van der Waals surface area contributed by atoms with E-state index in [2.05, 4.69) is 26.9 Å². The maximum atomic E-state index is 12.3. The lowest BCUT2D eigenvalue weighted by Gasteiger charge is -2.34. The van der Waals surface area contributed by atoms with Crippen LogP contribution >= 0.6 is 11.8 Å². The number of sulfonamides is 1. The lowest BCUT2D eigenvalue weighted by molar-refractivity contribution is 0.408. The number of nitrogens with one attached hydrogen (secondary N) is 2. The highest BCUT2D eigenvalue weighted by Gasteiger charge is 2.21. The third-order valence-corrected chi connectivity index (χ3v) is 7.07. The van der Waals surface area contributed by atoms with Gasteiger partial charge in [0.05, 0.1) is 11.4 Å². The summed E-state index contributed by atoms with van der Waals surface area (Å²) < 4.78 is 27.2. The summed E-state index contributed by atoms with van der Waals surface area (Å²) in [6.45, 7) is 9.65.